The molecule has 0 radical (unpaired) electrons. The fourth-order valence-electron chi connectivity index (χ4n) is 4.56. The number of ether oxygens (including phenoxy) is 2. The Kier molecular flexibility index (Phi) is 3.89. The van der Waals surface area contributed by atoms with Gasteiger partial charge in [0.25, 0.3) is 0 Å². The average Bonchev–Trinajstić information content (AvgIpc) is 2.85. The molecule has 0 aromatic heterocycles. The summed E-state index contributed by atoms with van der Waals surface area (Å²) in [5.74, 6) is 2.26. The molecule has 22 heavy (non-hydrogen) atoms. The number of nitrogens with zero attached hydrogens (tertiary/aromatic N) is 1. The highest BCUT2D eigenvalue weighted by molar-refractivity contribution is 5.81. The Labute approximate surface area is 132 Å². The van der Waals surface area contributed by atoms with E-state index in [4.69, 9.17) is 9.47 Å². The second-order valence-electron chi connectivity index (χ2n) is 6.70. The molecule has 4 nitrogen and oxygen atoms in total. The minimum Gasteiger partial charge on any atom is -0.493 e. The number of hydrogen-bond donors (Lipinski definition) is 0. The van der Waals surface area contributed by atoms with E-state index in [9.17, 15) is 4.79 Å². The molecule has 1 aromatic carbocycles. The monoisotopic (exact) mass is 303 g/mol. The van der Waals surface area contributed by atoms with Gasteiger partial charge in [-0.3, -0.25) is 4.79 Å². The first-order valence-electron chi connectivity index (χ1n) is 7.97. The van der Waals surface area contributed by atoms with E-state index >= 15 is 0 Å². The van der Waals surface area contributed by atoms with Gasteiger partial charge in [-0.15, -0.1) is 0 Å². The Hall–Kier alpha value is -1.55. The van der Waals surface area contributed by atoms with E-state index in [1.165, 1.54) is 5.56 Å². The normalized spacial score (nSPS) is 31.9. The maximum atomic E-state index is 12.1. The lowest BCUT2D eigenvalue weighted by Gasteiger charge is -2.46. The summed E-state index contributed by atoms with van der Waals surface area (Å²) in [4.78, 5) is 14.4. The van der Waals surface area contributed by atoms with Crippen LogP contribution in [0, 0.1) is 5.92 Å². The Morgan fingerprint density at radius 2 is 1.91 bits per heavy atom. The molecular formula is C18H25NO3. The van der Waals surface area contributed by atoms with Gasteiger partial charge >= 0.3 is 0 Å². The van der Waals surface area contributed by atoms with Crippen molar-refractivity contribution in [1.29, 1.82) is 0 Å². The van der Waals surface area contributed by atoms with Crippen LogP contribution in [0.1, 0.15) is 31.7 Å². The van der Waals surface area contributed by atoms with Crippen LogP contribution in [0.3, 0.4) is 0 Å². The van der Waals surface area contributed by atoms with E-state index in [1.807, 2.05) is 6.07 Å². The summed E-state index contributed by atoms with van der Waals surface area (Å²) in [5, 5.41) is 0. The first-order valence-corrected chi connectivity index (χ1v) is 7.97. The minimum atomic E-state index is 0.0439. The molecule has 0 N–H and O–H groups in total. The van der Waals surface area contributed by atoms with Crippen LogP contribution < -0.4 is 9.47 Å². The van der Waals surface area contributed by atoms with Crippen LogP contribution >= 0.6 is 0 Å². The highest BCUT2D eigenvalue weighted by Crippen LogP contribution is 2.51. The molecule has 120 valence electrons. The van der Waals surface area contributed by atoms with Gasteiger partial charge in [0.05, 0.1) is 14.2 Å². The zero-order valence-electron chi connectivity index (χ0n) is 13.9. The van der Waals surface area contributed by atoms with Crippen LogP contribution in [-0.2, 0) is 10.2 Å². The summed E-state index contributed by atoms with van der Waals surface area (Å²) in [5.41, 5.74) is 1.32. The number of rotatable bonds is 3. The summed E-state index contributed by atoms with van der Waals surface area (Å²) in [7, 11) is 5.47. The van der Waals surface area contributed by atoms with Crippen molar-refractivity contribution in [3.05, 3.63) is 23.8 Å². The molecule has 0 amide bonds. The quantitative estimate of drug-likeness (QED) is 0.860. The lowest BCUT2D eigenvalue weighted by Crippen LogP contribution is -2.50. The van der Waals surface area contributed by atoms with Crippen LogP contribution in [0.4, 0.5) is 0 Å². The highest BCUT2D eigenvalue weighted by atomic mass is 16.5. The number of ketones is 1. The Bertz CT molecular complexity index is 586. The number of likely N-dealkylation sites (tertiary alicyclic amines) is 1. The fraction of sp³-hybridized carbons (Fsp3) is 0.611. The Balaban J connectivity index is 2.09. The van der Waals surface area contributed by atoms with E-state index in [0.29, 0.717) is 30.6 Å². The molecule has 1 heterocycles. The lowest BCUT2D eigenvalue weighted by atomic mass is 9.60. The second kappa shape index (κ2) is 5.58. The van der Waals surface area contributed by atoms with Gasteiger partial charge in [-0.05, 0) is 43.6 Å². The number of benzene rings is 1. The number of carbonyl (C=O) groups excluding carboxylic acids is 1. The number of methoxy groups -OCH3 is 2. The van der Waals surface area contributed by atoms with Crippen molar-refractivity contribution in [1.82, 2.24) is 4.90 Å². The van der Waals surface area contributed by atoms with Gasteiger partial charge in [0.1, 0.15) is 5.78 Å². The molecular weight excluding hydrogens is 278 g/mol. The van der Waals surface area contributed by atoms with E-state index in [0.717, 1.165) is 24.5 Å². The second-order valence-corrected chi connectivity index (χ2v) is 6.70. The molecule has 1 aromatic rings. The molecule has 1 aliphatic heterocycles. The molecule has 3 rings (SSSR count). The topological polar surface area (TPSA) is 38.8 Å². The van der Waals surface area contributed by atoms with Gasteiger partial charge < -0.3 is 14.4 Å². The van der Waals surface area contributed by atoms with Crippen molar-refractivity contribution in [2.45, 2.75) is 37.6 Å². The third-order valence-corrected chi connectivity index (χ3v) is 5.76. The molecule has 0 bridgehead atoms. The summed E-state index contributed by atoms with van der Waals surface area (Å²) in [6.07, 6.45) is 2.44. The maximum Gasteiger partial charge on any atom is 0.161 e. The van der Waals surface area contributed by atoms with Crippen LogP contribution in [0.25, 0.3) is 0 Å². The molecule has 4 heteroatoms. The van der Waals surface area contributed by atoms with E-state index in [2.05, 4.69) is 31.0 Å². The van der Waals surface area contributed by atoms with Crippen molar-refractivity contribution >= 4 is 5.78 Å². The largest absolute Gasteiger partial charge is 0.493 e. The molecule has 3 atom stereocenters. The lowest BCUT2D eigenvalue weighted by molar-refractivity contribution is -0.124. The molecule has 0 spiro atoms. The van der Waals surface area contributed by atoms with Gasteiger partial charge in [-0.1, -0.05) is 13.0 Å². The molecule has 2 fully saturated rings. The highest BCUT2D eigenvalue weighted by Gasteiger charge is 2.54. The number of likely N-dealkylation sites (N-methyl/N-ethyl adjacent to an activating group) is 1. The summed E-state index contributed by atoms with van der Waals surface area (Å²) >= 11 is 0. The van der Waals surface area contributed by atoms with Gasteiger partial charge in [-0.2, -0.15) is 0 Å². The van der Waals surface area contributed by atoms with Crippen molar-refractivity contribution in [2.75, 3.05) is 27.8 Å². The third-order valence-electron chi connectivity index (χ3n) is 5.76. The van der Waals surface area contributed by atoms with E-state index in [-0.39, 0.29) is 5.41 Å². The summed E-state index contributed by atoms with van der Waals surface area (Å²) < 4.78 is 10.9. The van der Waals surface area contributed by atoms with Crippen LogP contribution in [0.5, 0.6) is 11.5 Å². The van der Waals surface area contributed by atoms with Crippen molar-refractivity contribution in [2.24, 2.45) is 5.92 Å². The molecule has 3 unspecified atom stereocenters. The first kappa shape index (κ1) is 15.3. The van der Waals surface area contributed by atoms with Crippen LogP contribution in [0.15, 0.2) is 18.2 Å². The minimum absolute atomic E-state index is 0.0439. The third kappa shape index (κ3) is 2.12. The van der Waals surface area contributed by atoms with E-state index < -0.39 is 0 Å². The predicted octanol–water partition coefficient (Wildman–Crippen LogP) is 2.64. The Morgan fingerprint density at radius 1 is 1.18 bits per heavy atom. The SMILES string of the molecule is COc1ccc(C23CCN(C)C2CC(=O)CC3C)cc1OC. The number of hydrogen-bond acceptors (Lipinski definition) is 4. The zero-order chi connectivity index (χ0) is 15.9. The number of fused-ring (bicyclic) bond motifs is 1. The van der Waals surface area contributed by atoms with Gasteiger partial charge in [-0.25, -0.2) is 0 Å². The van der Waals surface area contributed by atoms with Crippen LogP contribution in [0.2, 0.25) is 0 Å². The van der Waals surface area contributed by atoms with Crippen molar-refractivity contribution < 1.29 is 14.3 Å². The van der Waals surface area contributed by atoms with Crippen LogP contribution in [-0.4, -0.2) is 44.5 Å². The van der Waals surface area contributed by atoms with Crippen molar-refractivity contribution in [3.8, 4) is 11.5 Å². The predicted molar refractivity (Wildman–Crippen MR) is 85.7 cm³/mol. The van der Waals surface area contributed by atoms with E-state index in [1.54, 1.807) is 14.2 Å². The standard InChI is InChI=1S/C18H25NO3/c1-12-9-14(20)11-17-18(12,7-8-19(17)2)13-5-6-15(21-3)16(10-13)22-4/h5-6,10,12,17H,7-9,11H2,1-4H3. The smallest absolute Gasteiger partial charge is 0.161 e. The number of carbonyl (C=O) groups is 1. The van der Waals surface area contributed by atoms with Gasteiger partial charge in [0.15, 0.2) is 11.5 Å². The fourth-order valence-corrected chi connectivity index (χ4v) is 4.56. The molecule has 1 aliphatic carbocycles. The summed E-state index contributed by atoms with van der Waals surface area (Å²) in [6.45, 7) is 3.26. The van der Waals surface area contributed by atoms with Gasteiger partial charge in [0, 0.05) is 24.3 Å². The van der Waals surface area contributed by atoms with Crippen molar-refractivity contribution in [3.63, 3.8) is 0 Å². The molecule has 2 aliphatic rings. The maximum absolute atomic E-state index is 12.1. The Morgan fingerprint density at radius 3 is 2.59 bits per heavy atom. The van der Waals surface area contributed by atoms with Gasteiger partial charge in [0.2, 0.25) is 0 Å². The molecule has 1 saturated heterocycles. The first-order chi connectivity index (χ1) is 10.5. The average molecular weight is 303 g/mol. The number of Topliss-reactive ketones (excluding diaryl/α,β-unsaturated/α-hetero) is 1. The summed E-state index contributed by atoms with van der Waals surface area (Å²) in [6, 6.07) is 6.54. The molecule has 1 saturated carbocycles. The zero-order valence-corrected chi connectivity index (χ0v) is 13.9.